The number of hydrogen-bond acceptors (Lipinski definition) is 5. The van der Waals surface area contributed by atoms with E-state index in [-0.39, 0.29) is 0 Å². The van der Waals surface area contributed by atoms with Gasteiger partial charge in [0.15, 0.2) is 0 Å². The maximum Gasteiger partial charge on any atom is 0.247 e. The van der Waals surface area contributed by atoms with E-state index in [0.29, 0.717) is 11.9 Å². The number of rotatable bonds is 3. The van der Waals surface area contributed by atoms with E-state index < -0.39 is 0 Å². The Kier molecular flexibility index (Phi) is 3.74. The van der Waals surface area contributed by atoms with Gasteiger partial charge in [0.2, 0.25) is 12.3 Å². The van der Waals surface area contributed by atoms with Crippen molar-refractivity contribution in [2.75, 3.05) is 18.4 Å². The van der Waals surface area contributed by atoms with Gasteiger partial charge in [-0.3, -0.25) is 0 Å². The molecule has 1 aliphatic rings. The van der Waals surface area contributed by atoms with Crippen LogP contribution in [0, 0.1) is 0 Å². The van der Waals surface area contributed by atoms with Crippen LogP contribution in [0.4, 0.5) is 5.69 Å². The van der Waals surface area contributed by atoms with Gasteiger partial charge in [-0.05, 0) is 50.6 Å². The molecule has 3 rings (SSSR count). The second kappa shape index (κ2) is 5.84. The Morgan fingerprint density at radius 3 is 3.16 bits per heavy atom. The summed E-state index contributed by atoms with van der Waals surface area (Å²) in [4.78, 5) is 0. The van der Waals surface area contributed by atoms with Crippen molar-refractivity contribution < 1.29 is 4.42 Å². The van der Waals surface area contributed by atoms with E-state index in [4.69, 9.17) is 4.42 Å². The van der Waals surface area contributed by atoms with Gasteiger partial charge in [-0.15, -0.1) is 10.2 Å². The lowest BCUT2D eigenvalue weighted by molar-refractivity contribution is 0.568. The Balaban J connectivity index is 1.72. The zero-order valence-electron chi connectivity index (χ0n) is 10.8. The van der Waals surface area contributed by atoms with E-state index in [9.17, 15) is 0 Å². The van der Waals surface area contributed by atoms with Crippen molar-refractivity contribution in [3.63, 3.8) is 0 Å². The molecule has 1 aromatic heterocycles. The summed E-state index contributed by atoms with van der Waals surface area (Å²) in [6, 6.07) is 8.67. The van der Waals surface area contributed by atoms with Crippen LogP contribution in [-0.2, 0) is 0 Å². The first kappa shape index (κ1) is 12.2. The smallest absolute Gasteiger partial charge is 0.247 e. The zero-order chi connectivity index (χ0) is 12.9. The Morgan fingerprint density at radius 1 is 1.26 bits per heavy atom. The minimum absolute atomic E-state index is 0.535. The minimum atomic E-state index is 0.535. The summed E-state index contributed by atoms with van der Waals surface area (Å²) in [5, 5.41) is 14.7. The van der Waals surface area contributed by atoms with Gasteiger partial charge in [0.25, 0.3) is 0 Å². The first-order chi connectivity index (χ1) is 9.42. The van der Waals surface area contributed by atoms with Gasteiger partial charge in [0, 0.05) is 17.3 Å². The summed E-state index contributed by atoms with van der Waals surface area (Å²) in [5.41, 5.74) is 2.07. The molecule has 5 nitrogen and oxygen atoms in total. The lowest BCUT2D eigenvalue weighted by Gasteiger charge is -2.17. The van der Waals surface area contributed by atoms with Crippen LogP contribution in [0.1, 0.15) is 19.3 Å². The van der Waals surface area contributed by atoms with Crippen LogP contribution in [0.2, 0.25) is 0 Å². The second-order valence-corrected chi connectivity index (χ2v) is 4.85. The summed E-state index contributed by atoms with van der Waals surface area (Å²) in [5.74, 6) is 0.561. The zero-order valence-corrected chi connectivity index (χ0v) is 10.8. The van der Waals surface area contributed by atoms with Crippen LogP contribution < -0.4 is 10.6 Å². The molecule has 1 unspecified atom stereocenters. The number of hydrogen-bond donors (Lipinski definition) is 2. The van der Waals surface area contributed by atoms with Crippen LogP contribution in [0.15, 0.2) is 35.1 Å². The highest BCUT2D eigenvalue weighted by Gasteiger charge is 2.12. The van der Waals surface area contributed by atoms with E-state index in [1.165, 1.54) is 19.2 Å². The fourth-order valence-electron chi connectivity index (χ4n) is 2.44. The quantitative estimate of drug-likeness (QED) is 0.884. The lowest BCUT2D eigenvalue weighted by Crippen LogP contribution is -2.21. The van der Waals surface area contributed by atoms with Crippen LogP contribution in [0.25, 0.3) is 11.5 Å². The van der Waals surface area contributed by atoms with Crippen molar-refractivity contribution in [3.05, 3.63) is 30.7 Å². The van der Waals surface area contributed by atoms with Gasteiger partial charge in [-0.2, -0.15) is 0 Å². The molecule has 2 heterocycles. The molecule has 0 bridgehead atoms. The van der Waals surface area contributed by atoms with Gasteiger partial charge < -0.3 is 15.1 Å². The molecule has 19 heavy (non-hydrogen) atoms. The molecule has 5 heteroatoms. The van der Waals surface area contributed by atoms with Gasteiger partial charge in [-0.25, -0.2) is 0 Å². The van der Waals surface area contributed by atoms with Gasteiger partial charge in [0.1, 0.15) is 0 Å². The van der Waals surface area contributed by atoms with Crippen molar-refractivity contribution in [1.29, 1.82) is 0 Å². The lowest BCUT2D eigenvalue weighted by atomic mass is 10.1. The largest absolute Gasteiger partial charge is 0.423 e. The van der Waals surface area contributed by atoms with E-state index >= 15 is 0 Å². The van der Waals surface area contributed by atoms with E-state index in [0.717, 1.165) is 30.8 Å². The van der Waals surface area contributed by atoms with E-state index in [1.807, 2.05) is 12.1 Å². The van der Waals surface area contributed by atoms with Crippen LogP contribution >= 0.6 is 0 Å². The second-order valence-electron chi connectivity index (χ2n) is 4.85. The van der Waals surface area contributed by atoms with Crippen molar-refractivity contribution in [2.24, 2.45) is 0 Å². The highest BCUT2D eigenvalue weighted by Crippen LogP contribution is 2.22. The van der Waals surface area contributed by atoms with Crippen LogP contribution in [0.5, 0.6) is 0 Å². The standard InChI is InChI=1S/C14H18N4O/c1-3-11(14-18-16-10-19-14)9-13(4-1)17-12-5-2-7-15-8-6-12/h1,3-4,9-10,12,15,17H,2,5-8H2. The number of nitrogens with zero attached hydrogens (tertiary/aromatic N) is 2. The van der Waals surface area contributed by atoms with Gasteiger partial charge in [0.05, 0.1) is 0 Å². The molecule has 2 N–H and O–H groups in total. The fraction of sp³-hybridized carbons (Fsp3) is 0.429. The third-order valence-corrected chi connectivity index (χ3v) is 3.42. The normalized spacial score (nSPS) is 19.9. The average Bonchev–Trinajstić information content (AvgIpc) is 2.86. The fourth-order valence-corrected chi connectivity index (χ4v) is 2.44. The summed E-state index contributed by atoms with van der Waals surface area (Å²) in [7, 11) is 0. The maximum atomic E-state index is 5.22. The molecule has 0 aliphatic carbocycles. The predicted octanol–water partition coefficient (Wildman–Crippen LogP) is 2.29. The SMILES string of the molecule is c1cc(NC2CCCNCC2)cc(-c2nnco2)c1. The third kappa shape index (κ3) is 3.12. The monoisotopic (exact) mass is 258 g/mol. The summed E-state index contributed by atoms with van der Waals surface area (Å²) in [6.45, 7) is 2.21. The number of nitrogens with one attached hydrogen (secondary N) is 2. The molecular formula is C14H18N4O. The molecule has 0 amide bonds. The molecular weight excluding hydrogens is 240 g/mol. The molecule has 1 saturated heterocycles. The van der Waals surface area contributed by atoms with Crippen LogP contribution in [0.3, 0.4) is 0 Å². The van der Waals surface area contributed by atoms with Crippen molar-refractivity contribution >= 4 is 5.69 Å². The maximum absolute atomic E-state index is 5.22. The summed E-state index contributed by atoms with van der Waals surface area (Å²) in [6.07, 6.45) is 4.94. The highest BCUT2D eigenvalue weighted by molar-refractivity contribution is 5.61. The van der Waals surface area contributed by atoms with Crippen LogP contribution in [-0.4, -0.2) is 29.3 Å². The summed E-state index contributed by atoms with van der Waals surface area (Å²) >= 11 is 0. The Bertz CT molecular complexity index is 504. The number of aromatic nitrogens is 2. The van der Waals surface area contributed by atoms with Crippen molar-refractivity contribution in [3.8, 4) is 11.5 Å². The predicted molar refractivity (Wildman–Crippen MR) is 73.9 cm³/mol. The van der Waals surface area contributed by atoms with Gasteiger partial charge in [-0.1, -0.05) is 6.07 Å². The Labute approximate surface area is 112 Å². The topological polar surface area (TPSA) is 63.0 Å². The minimum Gasteiger partial charge on any atom is -0.423 e. The molecule has 0 radical (unpaired) electrons. The number of benzene rings is 1. The molecule has 1 aliphatic heterocycles. The molecule has 1 aromatic carbocycles. The Morgan fingerprint density at radius 2 is 2.26 bits per heavy atom. The molecule has 1 fully saturated rings. The van der Waals surface area contributed by atoms with Gasteiger partial charge >= 0.3 is 0 Å². The molecule has 1 atom stereocenters. The van der Waals surface area contributed by atoms with E-state index in [1.54, 1.807) is 0 Å². The average molecular weight is 258 g/mol. The van der Waals surface area contributed by atoms with Crippen molar-refractivity contribution in [2.45, 2.75) is 25.3 Å². The molecule has 0 saturated carbocycles. The summed E-state index contributed by atoms with van der Waals surface area (Å²) < 4.78 is 5.22. The van der Waals surface area contributed by atoms with Crippen molar-refractivity contribution in [1.82, 2.24) is 15.5 Å². The highest BCUT2D eigenvalue weighted by atomic mass is 16.4. The third-order valence-electron chi connectivity index (χ3n) is 3.42. The number of anilines is 1. The first-order valence-corrected chi connectivity index (χ1v) is 6.76. The molecule has 100 valence electrons. The molecule has 0 spiro atoms. The Hall–Kier alpha value is -1.88. The van der Waals surface area contributed by atoms with E-state index in [2.05, 4.69) is 33.0 Å². The first-order valence-electron chi connectivity index (χ1n) is 6.76. The molecule has 2 aromatic rings.